The Morgan fingerprint density at radius 3 is 2.88 bits per heavy atom. The zero-order valence-electron chi connectivity index (χ0n) is 9.43. The van der Waals surface area contributed by atoms with Gasteiger partial charge in [-0.05, 0) is 25.7 Å². The van der Waals surface area contributed by atoms with Gasteiger partial charge >= 0.3 is 5.97 Å². The van der Waals surface area contributed by atoms with Crippen LogP contribution in [0, 0.1) is 11.8 Å². The molecule has 0 aromatic carbocycles. The van der Waals surface area contributed by atoms with Crippen LogP contribution in [0.4, 0.5) is 0 Å². The van der Waals surface area contributed by atoms with Gasteiger partial charge in [0.25, 0.3) is 0 Å². The summed E-state index contributed by atoms with van der Waals surface area (Å²) in [6.45, 7) is 1.64. The molecule has 0 aromatic heterocycles. The molecule has 4 nitrogen and oxygen atoms in total. The molecule has 0 bridgehead atoms. The van der Waals surface area contributed by atoms with Gasteiger partial charge in [0.2, 0.25) is 0 Å². The number of Topliss-reactive ketones (excluding diaryl/α,β-unsaturated/α-hetero) is 1. The van der Waals surface area contributed by atoms with Crippen LogP contribution < -0.4 is 0 Å². The van der Waals surface area contributed by atoms with Crippen molar-refractivity contribution in [3.63, 3.8) is 0 Å². The molecule has 1 aliphatic carbocycles. The van der Waals surface area contributed by atoms with Crippen LogP contribution in [0.5, 0.6) is 0 Å². The van der Waals surface area contributed by atoms with Gasteiger partial charge in [0.15, 0.2) is 0 Å². The molecule has 0 aromatic rings. The summed E-state index contributed by atoms with van der Waals surface area (Å²) in [5.74, 6) is -0.902. The minimum Gasteiger partial charge on any atom is -0.481 e. The Balaban J connectivity index is 2.53. The predicted octanol–water partition coefficient (Wildman–Crippen LogP) is 1.38. The van der Waals surface area contributed by atoms with E-state index >= 15 is 0 Å². The summed E-state index contributed by atoms with van der Waals surface area (Å²) in [4.78, 5) is 22.2. The third-order valence-electron chi connectivity index (χ3n) is 2.99. The van der Waals surface area contributed by atoms with Crippen molar-refractivity contribution in [2.24, 2.45) is 11.8 Å². The van der Waals surface area contributed by atoms with E-state index in [1.807, 2.05) is 0 Å². The Kier molecular flexibility index (Phi) is 4.68. The summed E-state index contributed by atoms with van der Waals surface area (Å²) in [6.07, 6.45) is 4.66. The number of carboxylic acids is 1. The first-order valence-corrected chi connectivity index (χ1v) is 5.60. The van der Waals surface area contributed by atoms with Crippen molar-refractivity contribution in [2.45, 2.75) is 38.7 Å². The number of aliphatic carboxylic acids is 1. The van der Waals surface area contributed by atoms with Crippen LogP contribution in [0.3, 0.4) is 0 Å². The van der Waals surface area contributed by atoms with Gasteiger partial charge in [0.1, 0.15) is 5.78 Å². The molecule has 0 spiro atoms. The Hall–Kier alpha value is -1.16. The molecule has 0 radical (unpaired) electrons. The van der Waals surface area contributed by atoms with E-state index in [0.717, 1.165) is 0 Å². The fourth-order valence-electron chi connectivity index (χ4n) is 2.19. The minimum absolute atomic E-state index is 0.0383. The molecule has 90 valence electrons. The molecular formula is C12H18O4. The number of carbonyl (C=O) groups excluding carboxylic acids is 1. The number of aliphatic hydroxyl groups is 1. The summed E-state index contributed by atoms with van der Waals surface area (Å²) in [6, 6.07) is 0. The van der Waals surface area contributed by atoms with E-state index in [0.29, 0.717) is 19.3 Å². The molecule has 0 heterocycles. The Bertz CT molecular complexity index is 293. The standard InChI is InChI=1S/C12H18O4/c1-8(13)3-2-4-10-9(7-12(15)16)5-6-11(10)14/h2-3,8-10,13H,4-7H2,1H3,(H,15,16). The monoisotopic (exact) mass is 226 g/mol. The molecule has 1 saturated carbocycles. The molecule has 0 saturated heterocycles. The molecule has 0 amide bonds. The highest BCUT2D eigenvalue weighted by molar-refractivity contribution is 5.84. The Labute approximate surface area is 95.0 Å². The maximum Gasteiger partial charge on any atom is 0.303 e. The van der Waals surface area contributed by atoms with Gasteiger partial charge in [-0.3, -0.25) is 9.59 Å². The second-order valence-electron chi connectivity index (χ2n) is 4.37. The first kappa shape index (κ1) is 12.9. The Morgan fingerprint density at radius 1 is 1.62 bits per heavy atom. The number of aliphatic hydroxyl groups excluding tert-OH is 1. The lowest BCUT2D eigenvalue weighted by Gasteiger charge is -2.14. The molecule has 1 rings (SSSR count). The summed E-state index contributed by atoms with van der Waals surface area (Å²) in [7, 11) is 0. The number of rotatable bonds is 5. The molecule has 1 fully saturated rings. The van der Waals surface area contributed by atoms with Gasteiger partial charge in [-0.2, -0.15) is 0 Å². The van der Waals surface area contributed by atoms with Crippen molar-refractivity contribution < 1.29 is 19.8 Å². The average Bonchev–Trinajstić information content (AvgIpc) is 2.48. The van der Waals surface area contributed by atoms with Crippen molar-refractivity contribution in [2.75, 3.05) is 0 Å². The zero-order valence-corrected chi connectivity index (χ0v) is 9.43. The van der Waals surface area contributed by atoms with Crippen LogP contribution in [0.2, 0.25) is 0 Å². The highest BCUT2D eigenvalue weighted by atomic mass is 16.4. The van der Waals surface area contributed by atoms with Gasteiger partial charge in [0, 0.05) is 18.8 Å². The second-order valence-corrected chi connectivity index (χ2v) is 4.37. The van der Waals surface area contributed by atoms with E-state index in [1.54, 1.807) is 19.1 Å². The lowest BCUT2D eigenvalue weighted by molar-refractivity contribution is -0.138. The lowest BCUT2D eigenvalue weighted by atomic mass is 9.89. The predicted molar refractivity (Wildman–Crippen MR) is 58.9 cm³/mol. The van der Waals surface area contributed by atoms with E-state index in [-0.39, 0.29) is 24.0 Å². The first-order chi connectivity index (χ1) is 7.50. The van der Waals surface area contributed by atoms with Crippen molar-refractivity contribution in [1.82, 2.24) is 0 Å². The fraction of sp³-hybridized carbons (Fsp3) is 0.667. The van der Waals surface area contributed by atoms with Crippen molar-refractivity contribution in [3.8, 4) is 0 Å². The second kappa shape index (κ2) is 5.80. The summed E-state index contributed by atoms with van der Waals surface area (Å²) >= 11 is 0. The SMILES string of the molecule is CC(O)C=CCC1C(=O)CCC1CC(=O)O. The summed E-state index contributed by atoms with van der Waals surface area (Å²) in [5, 5.41) is 17.8. The van der Waals surface area contributed by atoms with E-state index in [9.17, 15) is 9.59 Å². The topological polar surface area (TPSA) is 74.6 Å². The molecular weight excluding hydrogens is 208 g/mol. The van der Waals surface area contributed by atoms with Gasteiger partial charge in [0.05, 0.1) is 6.10 Å². The van der Waals surface area contributed by atoms with Crippen LogP contribution in [-0.2, 0) is 9.59 Å². The van der Waals surface area contributed by atoms with E-state index in [2.05, 4.69) is 0 Å². The highest BCUT2D eigenvalue weighted by Crippen LogP contribution is 2.33. The first-order valence-electron chi connectivity index (χ1n) is 5.60. The fourth-order valence-corrected chi connectivity index (χ4v) is 2.19. The zero-order chi connectivity index (χ0) is 12.1. The van der Waals surface area contributed by atoms with Crippen LogP contribution in [0.1, 0.15) is 32.6 Å². The van der Waals surface area contributed by atoms with Gasteiger partial charge in [-0.25, -0.2) is 0 Å². The van der Waals surface area contributed by atoms with Gasteiger partial charge in [-0.1, -0.05) is 12.2 Å². The third-order valence-corrected chi connectivity index (χ3v) is 2.99. The number of carbonyl (C=O) groups is 2. The maximum atomic E-state index is 11.6. The normalized spacial score (nSPS) is 27.5. The molecule has 16 heavy (non-hydrogen) atoms. The van der Waals surface area contributed by atoms with E-state index in [4.69, 9.17) is 10.2 Å². The number of carboxylic acid groups (broad SMARTS) is 1. The molecule has 3 atom stereocenters. The van der Waals surface area contributed by atoms with Crippen molar-refractivity contribution in [3.05, 3.63) is 12.2 Å². The van der Waals surface area contributed by atoms with Crippen molar-refractivity contribution >= 4 is 11.8 Å². The highest BCUT2D eigenvalue weighted by Gasteiger charge is 2.34. The molecule has 4 heteroatoms. The Morgan fingerprint density at radius 2 is 2.31 bits per heavy atom. The molecule has 1 aliphatic rings. The number of hydrogen-bond acceptors (Lipinski definition) is 3. The molecule has 3 unspecified atom stereocenters. The minimum atomic E-state index is -0.843. The van der Waals surface area contributed by atoms with Crippen LogP contribution in [0.25, 0.3) is 0 Å². The van der Waals surface area contributed by atoms with Crippen molar-refractivity contribution in [1.29, 1.82) is 0 Å². The quantitative estimate of drug-likeness (QED) is 0.694. The lowest BCUT2D eigenvalue weighted by Crippen LogP contribution is -2.17. The van der Waals surface area contributed by atoms with Gasteiger partial charge < -0.3 is 10.2 Å². The third kappa shape index (κ3) is 3.77. The maximum absolute atomic E-state index is 11.6. The van der Waals surface area contributed by atoms with Crippen LogP contribution in [0.15, 0.2) is 12.2 Å². The number of ketones is 1. The summed E-state index contributed by atoms with van der Waals surface area (Å²) in [5.41, 5.74) is 0. The largest absolute Gasteiger partial charge is 0.481 e. The molecule has 0 aliphatic heterocycles. The number of hydrogen-bond donors (Lipinski definition) is 2. The summed E-state index contributed by atoms with van der Waals surface area (Å²) < 4.78 is 0. The average molecular weight is 226 g/mol. The van der Waals surface area contributed by atoms with E-state index in [1.165, 1.54) is 0 Å². The smallest absolute Gasteiger partial charge is 0.303 e. The van der Waals surface area contributed by atoms with Crippen LogP contribution in [-0.4, -0.2) is 28.1 Å². The van der Waals surface area contributed by atoms with Crippen LogP contribution >= 0.6 is 0 Å². The van der Waals surface area contributed by atoms with E-state index < -0.39 is 12.1 Å². The number of allylic oxidation sites excluding steroid dienone is 1. The van der Waals surface area contributed by atoms with Gasteiger partial charge in [-0.15, -0.1) is 0 Å². The molecule has 2 N–H and O–H groups in total.